The molecule has 0 spiro atoms. The monoisotopic (exact) mass is 235 g/mol. The lowest BCUT2D eigenvalue weighted by molar-refractivity contribution is -0.116. The normalized spacial score (nSPS) is 23.4. The highest BCUT2D eigenvalue weighted by Gasteiger charge is 2.18. The van der Waals surface area contributed by atoms with E-state index in [9.17, 15) is 4.79 Å². The van der Waals surface area contributed by atoms with Crippen molar-refractivity contribution in [3.63, 3.8) is 0 Å². The largest absolute Gasteiger partial charge is 0.316 e. The Bertz CT molecular complexity index is 315. The lowest BCUT2D eigenvalue weighted by Crippen LogP contribution is -2.06. The van der Waals surface area contributed by atoms with Crippen LogP contribution in [0.3, 0.4) is 0 Å². The number of carbonyl (C=O) groups excluding carboxylic acids is 1. The average Bonchev–Trinajstić information content (AvgIpc) is 2.72. The van der Waals surface area contributed by atoms with Gasteiger partial charge in [0.15, 0.2) is 0 Å². The fourth-order valence-electron chi connectivity index (χ4n) is 2.48. The zero-order valence-corrected chi connectivity index (χ0v) is 11.4. The molecule has 0 saturated heterocycles. The molecule has 2 nitrogen and oxygen atoms in total. The molecular formula is C15H25NO. The quantitative estimate of drug-likeness (QED) is 0.716. The van der Waals surface area contributed by atoms with Crippen molar-refractivity contribution in [2.24, 2.45) is 5.92 Å². The molecule has 0 unspecified atom stereocenters. The van der Waals surface area contributed by atoms with Gasteiger partial charge in [0.05, 0.1) is 0 Å². The Morgan fingerprint density at radius 2 is 2.29 bits per heavy atom. The van der Waals surface area contributed by atoms with Gasteiger partial charge in [0.25, 0.3) is 0 Å². The third kappa shape index (κ3) is 4.86. The van der Waals surface area contributed by atoms with E-state index in [4.69, 9.17) is 0 Å². The average molecular weight is 235 g/mol. The molecule has 96 valence electrons. The molecule has 1 rings (SSSR count). The van der Waals surface area contributed by atoms with E-state index in [2.05, 4.69) is 24.4 Å². The molecule has 1 saturated carbocycles. The maximum atomic E-state index is 11.2. The van der Waals surface area contributed by atoms with E-state index in [0.29, 0.717) is 12.3 Å². The van der Waals surface area contributed by atoms with E-state index < -0.39 is 0 Å². The van der Waals surface area contributed by atoms with Gasteiger partial charge in [0, 0.05) is 13.0 Å². The summed E-state index contributed by atoms with van der Waals surface area (Å²) in [6.45, 7) is 4.77. The highest BCUT2D eigenvalue weighted by atomic mass is 16.1. The number of carbonyl (C=O) groups is 1. The number of likely N-dealkylation sites (N-methyl/N-ethyl adjacent to an activating group) is 1. The first-order valence-electron chi connectivity index (χ1n) is 6.69. The molecule has 1 aliphatic carbocycles. The number of hydrogen-bond acceptors (Lipinski definition) is 2. The fraction of sp³-hybridized carbons (Fsp3) is 0.667. The number of rotatable bonds is 6. The van der Waals surface area contributed by atoms with E-state index >= 15 is 0 Å². The van der Waals surface area contributed by atoms with E-state index in [-0.39, 0.29) is 5.78 Å². The van der Waals surface area contributed by atoms with E-state index in [1.54, 1.807) is 12.5 Å². The molecule has 0 bridgehead atoms. The van der Waals surface area contributed by atoms with Gasteiger partial charge < -0.3 is 5.32 Å². The number of nitrogens with one attached hydrogen (secondary N) is 1. The van der Waals surface area contributed by atoms with Crippen LogP contribution in [0.4, 0.5) is 0 Å². The predicted molar refractivity (Wildman–Crippen MR) is 73.0 cm³/mol. The Morgan fingerprint density at radius 3 is 2.88 bits per heavy atom. The molecule has 2 heteroatoms. The van der Waals surface area contributed by atoms with Gasteiger partial charge in [-0.05, 0) is 45.6 Å². The second kappa shape index (κ2) is 7.44. The Hall–Kier alpha value is -0.890. The van der Waals surface area contributed by atoms with Crippen molar-refractivity contribution in [1.82, 2.24) is 5.32 Å². The minimum atomic E-state index is 0.275. The summed E-state index contributed by atoms with van der Waals surface area (Å²) in [4.78, 5) is 11.2. The van der Waals surface area contributed by atoms with Gasteiger partial charge >= 0.3 is 0 Å². The zero-order chi connectivity index (χ0) is 12.7. The zero-order valence-electron chi connectivity index (χ0n) is 11.4. The molecule has 0 aromatic carbocycles. The summed E-state index contributed by atoms with van der Waals surface area (Å²) >= 11 is 0. The first-order chi connectivity index (χ1) is 8.17. The van der Waals surface area contributed by atoms with Gasteiger partial charge in [-0.25, -0.2) is 0 Å². The van der Waals surface area contributed by atoms with Gasteiger partial charge in [-0.1, -0.05) is 30.2 Å². The standard InChI is InChI=1S/C15H25NO/c1-4-13(10-12(2)17)11-15-7-5-6-14(15)8-9-16-3/h8,11,15-16H,4-7,9-10H2,1-3H3/b13-11+,14-8+/t15-/m0/s1. The Morgan fingerprint density at radius 1 is 1.53 bits per heavy atom. The molecule has 1 fully saturated rings. The van der Waals surface area contributed by atoms with Gasteiger partial charge in [-0.3, -0.25) is 4.79 Å². The summed E-state index contributed by atoms with van der Waals surface area (Å²) in [5.41, 5.74) is 2.86. The lowest BCUT2D eigenvalue weighted by Gasteiger charge is -2.10. The highest BCUT2D eigenvalue weighted by Crippen LogP contribution is 2.33. The molecule has 17 heavy (non-hydrogen) atoms. The Kier molecular flexibility index (Phi) is 6.20. The number of Topliss-reactive ketones (excluding diaryl/α,β-unsaturated/α-hetero) is 1. The maximum Gasteiger partial charge on any atom is 0.133 e. The molecule has 0 aliphatic heterocycles. The molecule has 1 atom stereocenters. The van der Waals surface area contributed by atoms with Crippen LogP contribution in [0.2, 0.25) is 0 Å². The van der Waals surface area contributed by atoms with Crippen LogP contribution >= 0.6 is 0 Å². The van der Waals surface area contributed by atoms with Crippen molar-refractivity contribution in [1.29, 1.82) is 0 Å². The summed E-state index contributed by atoms with van der Waals surface area (Å²) in [6.07, 6.45) is 10.0. The molecule has 0 aromatic heterocycles. The predicted octanol–water partition coefficient (Wildman–Crippen LogP) is 3.25. The highest BCUT2D eigenvalue weighted by molar-refractivity contribution is 5.78. The van der Waals surface area contributed by atoms with Crippen molar-refractivity contribution in [2.75, 3.05) is 13.6 Å². The molecule has 1 N–H and O–H groups in total. The molecule has 0 aromatic rings. The summed E-state index contributed by atoms with van der Waals surface area (Å²) in [5.74, 6) is 0.856. The van der Waals surface area contributed by atoms with Crippen LogP contribution in [0.1, 0.15) is 46.0 Å². The summed E-state index contributed by atoms with van der Waals surface area (Å²) in [5, 5.41) is 3.16. The van der Waals surface area contributed by atoms with Crippen LogP contribution in [0, 0.1) is 5.92 Å². The van der Waals surface area contributed by atoms with Crippen molar-refractivity contribution in [3.8, 4) is 0 Å². The van der Waals surface area contributed by atoms with Crippen LogP contribution in [-0.4, -0.2) is 19.4 Å². The summed E-state index contributed by atoms with van der Waals surface area (Å²) in [6, 6.07) is 0. The van der Waals surface area contributed by atoms with Crippen molar-refractivity contribution in [2.45, 2.75) is 46.0 Å². The second-order valence-electron chi connectivity index (χ2n) is 4.89. The van der Waals surface area contributed by atoms with Gasteiger partial charge in [0.1, 0.15) is 5.78 Å². The molecule has 0 amide bonds. The number of hydrogen-bond donors (Lipinski definition) is 1. The minimum Gasteiger partial charge on any atom is -0.316 e. The van der Waals surface area contributed by atoms with Crippen LogP contribution in [0.5, 0.6) is 0 Å². The molecule has 1 aliphatic rings. The van der Waals surface area contributed by atoms with E-state index in [1.807, 2.05) is 7.05 Å². The van der Waals surface area contributed by atoms with Gasteiger partial charge in [-0.15, -0.1) is 0 Å². The molecule has 0 heterocycles. The van der Waals surface area contributed by atoms with Crippen LogP contribution in [0.25, 0.3) is 0 Å². The van der Waals surface area contributed by atoms with E-state index in [0.717, 1.165) is 13.0 Å². The smallest absolute Gasteiger partial charge is 0.133 e. The molecule has 0 radical (unpaired) electrons. The lowest BCUT2D eigenvalue weighted by atomic mass is 9.96. The molecular weight excluding hydrogens is 210 g/mol. The van der Waals surface area contributed by atoms with Crippen molar-refractivity contribution < 1.29 is 4.79 Å². The Labute approximate surface area is 105 Å². The second-order valence-corrected chi connectivity index (χ2v) is 4.89. The van der Waals surface area contributed by atoms with Crippen LogP contribution < -0.4 is 5.32 Å². The maximum absolute atomic E-state index is 11.2. The van der Waals surface area contributed by atoms with Crippen LogP contribution in [0.15, 0.2) is 23.3 Å². The Balaban J connectivity index is 2.69. The SMILES string of the molecule is CC/C(=C\[C@@H]1CCC/C1=C\CNC)CC(C)=O. The first kappa shape index (κ1) is 14.2. The third-order valence-electron chi connectivity index (χ3n) is 3.39. The number of allylic oxidation sites excluding steroid dienone is 3. The summed E-state index contributed by atoms with van der Waals surface area (Å²) < 4.78 is 0. The van der Waals surface area contributed by atoms with E-state index in [1.165, 1.54) is 24.8 Å². The van der Waals surface area contributed by atoms with Gasteiger partial charge in [0.2, 0.25) is 0 Å². The summed E-state index contributed by atoms with van der Waals surface area (Å²) in [7, 11) is 1.98. The topological polar surface area (TPSA) is 29.1 Å². The number of ketones is 1. The third-order valence-corrected chi connectivity index (χ3v) is 3.39. The van der Waals surface area contributed by atoms with Gasteiger partial charge in [-0.2, -0.15) is 0 Å². The first-order valence-corrected chi connectivity index (χ1v) is 6.69. The minimum absolute atomic E-state index is 0.275. The van der Waals surface area contributed by atoms with Crippen molar-refractivity contribution in [3.05, 3.63) is 23.3 Å². The van der Waals surface area contributed by atoms with Crippen LogP contribution in [-0.2, 0) is 4.79 Å². The van der Waals surface area contributed by atoms with Crippen molar-refractivity contribution >= 4 is 5.78 Å². The fourth-order valence-corrected chi connectivity index (χ4v) is 2.48.